The molecule has 0 aliphatic heterocycles. The van der Waals surface area contributed by atoms with Crippen LogP contribution in [0.3, 0.4) is 0 Å². The summed E-state index contributed by atoms with van der Waals surface area (Å²) in [6, 6.07) is 4.31. The summed E-state index contributed by atoms with van der Waals surface area (Å²) >= 11 is 0. The summed E-state index contributed by atoms with van der Waals surface area (Å²) in [6.07, 6.45) is 2.02. The van der Waals surface area contributed by atoms with Crippen LogP contribution >= 0.6 is 0 Å². The maximum Gasteiger partial charge on any atom is 0.0460 e. The van der Waals surface area contributed by atoms with E-state index < -0.39 is 0 Å². The van der Waals surface area contributed by atoms with Gasteiger partial charge in [-0.3, -0.25) is 0 Å². The fourth-order valence-corrected chi connectivity index (χ4v) is 2.33. The number of H-pyrrole nitrogens is 1. The van der Waals surface area contributed by atoms with Crippen LogP contribution in [-0.2, 0) is 6.54 Å². The summed E-state index contributed by atoms with van der Waals surface area (Å²) in [7, 11) is 0. The van der Waals surface area contributed by atoms with Crippen LogP contribution in [0.2, 0.25) is 0 Å². The molecule has 1 aromatic carbocycles. The van der Waals surface area contributed by atoms with Crippen molar-refractivity contribution in [1.82, 2.24) is 4.98 Å². The summed E-state index contributed by atoms with van der Waals surface area (Å²) < 4.78 is 0. The van der Waals surface area contributed by atoms with Gasteiger partial charge in [-0.1, -0.05) is 27.3 Å². The van der Waals surface area contributed by atoms with E-state index in [1.165, 1.54) is 27.6 Å². The number of aryl methyl sites for hydroxylation is 1. The molecule has 0 saturated heterocycles. The Bertz CT molecular complexity index is 486. The Morgan fingerprint density at radius 1 is 1.38 bits per heavy atom. The van der Waals surface area contributed by atoms with Crippen molar-refractivity contribution in [2.45, 2.75) is 40.7 Å². The largest absolute Gasteiger partial charge is 0.361 e. The lowest BCUT2D eigenvalue weighted by molar-refractivity contribution is 0.865. The van der Waals surface area contributed by atoms with E-state index in [0.29, 0.717) is 12.5 Å². The molecule has 0 aliphatic rings. The molecule has 1 aromatic heterocycles. The van der Waals surface area contributed by atoms with Crippen LogP contribution in [0.5, 0.6) is 0 Å². The molecule has 2 nitrogen and oxygen atoms in total. The molecule has 0 spiro atoms. The number of nitrogens with two attached hydrogens (primary N) is 1. The topological polar surface area (TPSA) is 41.8 Å². The number of nitrogens with one attached hydrogen (secondary N) is 1. The van der Waals surface area contributed by atoms with Gasteiger partial charge >= 0.3 is 0 Å². The molecule has 0 aliphatic carbocycles. The van der Waals surface area contributed by atoms with Crippen LogP contribution < -0.4 is 5.73 Å². The molecule has 0 radical (unpaired) electrons. The van der Waals surface area contributed by atoms with Gasteiger partial charge in [-0.25, -0.2) is 0 Å². The van der Waals surface area contributed by atoms with Crippen molar-refractivity contribution < 1.29 is 1.43 Å². The molecular formula is C14H24N2. The molecule has 0 fully saturated rings. The zero-order chi connectivity index (χ0) is 11.0. The summed E-state index contributed by atoms with van der Waals surface area (Å²) in [5.74, 6) is 0.537. The van der Waals surface area contributed by atoms with Crippen molar-refractivity contribution >= 4 is 10.9 Å². The van der Waals surface area contributed by atoms with Crippen LogP contribution in [-0.4, -0.2) is 4.98 Å². The van der Waals surface area contributed by atoms with Gasteiger partial charge in [-0.2, -0.15) is 0 Å². The van der Waals surface area contributed by atoms with Gasteiger partial charge in [0.2, 0.25) is 0 Å². The van der Waals surface area contributed by atoms with Crippen LogP contribution in [0.25, 0.3) is 10.9 Å². The van der Waals surface area contributed by atoms with Gasteiger partial charge in [0.25, 0.3) is 0 Å². The Hall–Kier alpha value is -1.28. The van der Waals surface area contributed by atoms with Gasteiger partial charge in [0.15, 0.2) is 0 Å². The van der Waals surface area contributed by atoms with E-state index in [9.17, 15) is 0 Å². The van der Waals surface area contributed by atoms with Crippen molar-refractivity contribution in [1.29, 1.82) is 0 Å². The molecule has 1 heterocycles. The lowest BCUT2D eigenvalue weighted by Crippen LogP contribution is -1.99. The Balaban J connectivity index is 0.00000128. The highest BCUT2D eigenvalue weighted by atomic mass is 14.7. The molecule has 0 bridgehead atoms. The van der Waals surface area contributed by atoms with E-state index in [2.05, 4.69) is 37.9 Å². The summed E-state index contributed by atoms with van der Waals surface area (Å²) in [5.41, 5.74) is 11.0. The minimum Gasteiger partial charge on any atom is -0.361 e. The van der Waals surface area contributed by atoms with Crippen molar-refractivity contribution in [2.75, 3.05) is 0 Å². The fraction of sp³-hybridized carbons (Fsp3) is 0.429. The summed E-state index contributed by atoms with van der Waals surface area (Å²) in [5, 5.41) is 1.33. The first-order valence-electron chi connectivity index (χ1n) is 5.44. The second-order valence-corrected chi connectivity index (χ2v) is 4.39. The van der Waals surface area contributed by atoms with Gasteiger partial charge in [0.1, 0.15) is 0 Å². The zero-order valence-corrected chi connectivity index (χ0v) is 9.59. The maximum absolute atomic E-state index is 5.76. The first-order valence-corrected chi connectivity index (χ1v) is 5.44. The molecule has 0 unspecified atom stereocenters. The zero-order valence-electron chi connectivity index (χ0n) is 9.59. The van der Waals surface area contributed by atoms with Gasteiger partial charge in [-0.15, -0.1) is 0 Å². The Morgan fingerprint density at radius 3 is 2.62 bits per heavy atom. The van der Waals surface area contributed by atoms with Crippen LogP contribution in [0, 0.1) is 6.92 Å². The molecule has 0 saturated carbocycles. The Labute approximate surface area is 99.3 Å². The molecule has 2 heteroatoms. The first-order chi connectivity index (χ1) is 7.15. The summed E-state index contributed by atoms with van der Waals surface area (Å²) in [6.45, 7) is 7.23. The molecule has 0 atom stereocenters. The lowest BCUT2D eigenvalue weighted by Gasteiger charge is -2.12. The highest BCUT2D eigenvalue weighted by molar-refractivity contribution is 5.88. The van der Waals surface area contributed by atoms with Crippen molar-refractivity contribution in [3.05, 3.63) is 35.0 Å². The van der Waals surface area contributed by atoms with Crippen LogP contribution in [0.4, 0.5) is 0 Å². The number of hydrogen-bond donors (Lipinski definition) is 2. The number of fused-ring (bicyclic) bond motifs is 1. The average Bonchev–Trinajstić information content (AvgIpc) is 2.59. The van der Waals surface area contributed by atoms with Crippen LogP contribution in [0.1, 0.15) is 45.3 Å². The third-order valence-corrected chi connectivity index (χ3v) is 2.98. The second-order valence-electron chi connectivity index (χ2n) is 4.39. The highest BCUT2D eigenvalue weighted by Crippen LogP contribution is 2.30. The highest BCUT2D eigenvalue weighted by Gasteiger charge is 2.12. The van der Waals surface area contributed by atoms with E-state index in [4.69, 9.17) is 5.73 Å². The molecule has 90 valence electrons. The number of aromatic nitrogens is 1. The Morgan fingerprint density at radius 2 is 2.06 bits per heavy atom. The molecular weight excluding hydrogens is 196 g/mol. The quantitative estimate of drug-likeness (QED) is 0.790. The molecule has 0 amide bonds. The van der Waals surface area contributed by atoms with Crippen molar-refractivity contribution in [2.24, 2.45) is 5.73 Å². The first kappa shape index (κ1) is 12.8. The van der Waals surface area contributed by atoms with Crippen molar-refractivity contribution in [3.8, 4) is 0 Å². The third-order valence-electron chi connectivity index (χ3n) is 2.98. The fourth-order valence-electron chi connectivity index (χ4n) is 2.33. The normalized spacial score (nSPS) is 10.8. The average molecular weight is 220 g/mol. The van der Waals surface area contributed by atoms with Crippen molar-refractivity contribution in [3.63, 3.8) is 0 Å². The monoisotopic (exact) mass is 220 g/mol. The second kappa shape index (κ2) is 4.71. The van der Waals surface area contributed by atoms with Gasteiger partial charge in [0.05, 0.1) is 0 Å². The SMILES string of the molecule is C.Cc1ccc2[nH]cc(CN)c2c1C(C)C.[HH]. The maximum atomic E-state index is 5.76. The van der Waals surface area contributed by atoms with Gasteiger partial charge < -0.3 is 10.7 Å². The van der Waals surface area contributed by atoms with E-state index in [1.54, 1.807) is 0 Å². The molecule has 2 rings (SSSR count). The standard InChI is InChI=1S/C13H18N2.CH4.H2/c1-8(2)12-9(3)4-5-11-13(12)10(6-14)7-15-11;;/h4-5,7-8,15H,6,14H2,1-3H3;1H4;1H. The smallest absolute Gasteiger partial charge is 0.0460 e. The van der Waals surface area contributed by atoms with E-state index in [0.717, 1.165) is 0 Å². The number of aromatic amines is 1. The minimum atomic E-state index is 0. The third kappa shape index (κ3) is 1.85. The van der Waals surface area contributed by atoms with Crippen LogP contribution in [0.15, 0.2) is 18.3 Å². The molecule has 16 heavy (non-hydrogen) atoms. The number of benzene rings is 1. The predicted octanol–water partition coefficient (Wildman–Crippen LogP) is 3.94. The van der Waals surface area contributed by atoms with E-state index >= 15 is 0 Å². The minimum absolute atomic E-state index is 0. The number of rotatable bonds is 2. The molecule has 3 N–H and O–H groups in total. The van der Waals surface area contributed by atoms with E-state index in [1.807, 2.05) is 6.20 Å². The van der Waals surface area contributed by atoms with Gasteiger partial charge in [0, 0.05) is 25.1 Å². The Kier molecular flexibility index (Phi) is 3.76. The number of hydrogen-bond acceptors (Lipinski definition) is 1. The lowest BCUT2D eigenvalue weighted by atomic mass is 9.92. The van der Waals surface area contributed by atoms with E-state index in [-0.39, 0.29) is 8.85 Å². The molecule has 2 aromatic rings. The predicted molar refractivity (Wildman–Crippen MR) is 73.9 cm³/mol. The van der Waals surface area contributed by atoms with Gasteiger partial charge in [-0.05, 0) is 35.6 Å². The summed E-state index contributed by atoms with van der Waals surface area (Å²) in [4.78, 5) is 3.28.